The number of aromatic hydroxyl groups is 2. The third-order valence-corrected chi connectivity index (χ3v) is 9.54. The number of aromatic nitrogens is 5. The molecular formula is C37H26F3N5O8. The SMILES string of the molecule is COc1ccc(-n2c(=O)[nH]c(=O)c3ccc(-c4c(O)c(C)c(O)c5c4OC4=Cc6c(c(C)nn6-c6ccc(OC(F)(F)F)cc6)C(=O)C45C)nc32)cc1. The molecule has 8 rings (SSSR count). The largest absolute Gasteiger partial charge is 0.573 e. The highest BCUT2D eigenvalue weighted by Crippen LogP contribution is 2.60. The number of methoxy groups -OCH3 is 1. The molecule has 3 aromatic heterocycles. The molecule has 3 aromatic carbocycles. The van der Waals surface area contributed by atoms with Crippen LogP contribution < -0.4 is 25.5 Å². The number of Topliss-reactive ketones (excluding diaryl/α,β-unsaturated/α-hetero) is 1. The van der Waals surface area contributed by atoms with Crippen LogP contribution in [0.15, 0.2) is 76.0 Å². The third-order valence-electron chi connectivity index (χ3n) is 9.54. The summed E-state index contributed by atoms with van der Waals surface area (Å²) in [4.78, 5) is 47.6. The molecule has 0 saturated heterocycles. The molecule has 268 valence electrons. The minimum absolute atomic E-state index is 0.0114. The molecule has 53 heavy (non-hydrogen) atoms. The van der Waals surface area contributed by atoms with Gasteiger partial charge in [0.1, 0.15) is 39.9 Å². The summed E-state index contributed by atoms with van der Waals surface area (Å²) in [6.45, 7) is 4.61. The Kier molecular flexibility index (Phi) is 7.12. The number of hydrogen-bond acceptors (Lipinski definition) is 10. The molecule has 0 amide bonds. The Morgan fingerprint density at radius 1 is 0.887 bits per heavy atom. The van der Waals surface area contributed by atoms with Gasteiger partial charge in [-0.1, -0.05) is 0 Å². The van der Waals surface area contributed by atoms with Crippen LogP contribution in [0.2, 0.25) is 0 Å². The zero-order valence-corrected chi connectivity index (χ0v) is 28.1. The Morgan fingerprint density at radius 3 is 2.21 bits per heavy atom. The van der Waals surface area contributed by atoms with Gasteiger partial charge in [-0.2, -0.15) is 5.10 Å². The molecule has 0 spiro atoms. The van der Waals surface area contributed by atoms with Gasteiger partial charge in [0.15, 0.2) is 11.4 Å². The number of nitrogens with one attached hydrogen (secondary N) is 1. The number of carbonyl (C=O) groups is 1. The molecule has 1 unspecified atom stereocenters. The lowest BCUT2D eigenvalue weighted by Gasteiger charge is -2.27. The molecule has 1 aliphatic heterocycles. The predicted octanol–water partition coefficient (Wildman–Crippen LogP) is 5.75. The van der Waals surface area contributed by atoms with E-state index in [1.54, 1.807) is 44.2 Å². The monoisotopic (exact) mass is 725 g/mol. The molecule has 4 heterocycles. The number of halogens is 3. The highest BCUT2D eigenvalue weighted by Gasteiger charge is 2.55. The van der Waals surface area contributed by atoms with E-state index in [1.807, 2.05) is 0 Å². The summed E-state index contributed by atoms with van der Waals surface area (Å²) in [5, 5.41) is 27.6. The van der Waals surface area contributed by atoms with Gasteiger partial charge in [-0.3, -0.25) is 14.6 Å². The molecule has 0 bridgehead atoms. The van der Waals surface area contributed by atoms with Crippen LogP contribution in [0.1, 0.15) is 39.8 Å². The number of aromatic amines is 1. The maximum atomic E-state index is 14.6. The Hall–Kier alpha value is -6.84. The molecule has 6 aromatic rings. The van der Waals surface area contributed by atoms with Gasteiger partial charge in [0.25, 0.3) is 5.56 Å². The molecule has 3 N–H and O–H groups in total. The van der Waals surface area contributed by atoms with Gasteiger partial charge in [-0.05, 0) is 81.4 Å². The van der Waals surface area contributed by atoms with E-state index in [0.29, 0.717) is 22.8 Å². The Balaban J connectivity index is 1.30. The molecule has 13 nitrogen and oxygen atoms in total. The van der Waals surface area contributed by atoms with Crippen molar-refractivity contribution in [2.75, 3.05) is 7.11 Å². The summed E-state index contributed by atoms with van der Waals surface area (Å²) in [6.07, 6.45) is -3.34. The van der Waals surface area contributed by atoms with Gasteiger partial charge in [0.05, 0.1) is 57.6 Å². The van der Waals surface area contributed by atoms with Crippen LogP contribution in [0.5, 0.6) is 28.7 Å². The summed E-state index contributed by atoms with van der Waals surface area (Å²) in [5.74, 6) is -1.26. The number of carbonyl (C=O) groups excluding carboxylic acids is 1. The first-order valence-electron chi connectivity index (χ1n) is 15.9. The third kappa shape index (κ3) is 4.89. The fourth-order valence-electron chi connectivity index (χ4n) is 6.91. The molecule has 2 aliphatic rings. The van der Waals surface area contributed by atoms with E-state index in [9.17, 15) is 37.8 Å². The maximum absolute atomic E-state index is 14.6. The number of hydrogen-bond donors (Lipinski definition) is 3. The molecule has 0 saturated carbocycles. The molecule has 1 aliphatic carbocycles. The van der Waals surface area contributed by atoms with Crippen LogP contribution in [0.4, 0.5) is 13.2 Å². The van der Waals surface area contributed by atoms with Gasteiger partial charge in [-0.15, -0.1) is 13.2 Å². The minimum atomic E-state index is -4.88. The lowest BCUT2D eigenvalue weighted by molar-refractivity contribution is -0.274. The second-order valence-electron chi connectivity index (χ2n) is 12.6. The first-order chi connectivity index (χ1) is 25.1. The van der Waals surface area contributed by atoms with Gasteiger partial charge in [-0.25, -0.2) is 19.0 Å². The van der Waals surface area contributed by atoms with Crippen molar-refractivity contribution in [3.8, 4) is 51.4 Å². The van der Waals surface area contributed by atoms with Crippen molar-refractivity contribution < 1.29 is 42.4 Å². The van der Waals surface area contributed by atoms with Crippen molar-refractivity contribution in [2.24, 2.45) is 0 Å². The van der Waals surface area contributed by atoms with Gasteiger partial charge >= 0.3 is 12.1 Å². The van der Waals surface area contributed by atoms with E-state index in [1.165, 1.54) is 47.5 Å². The predicted molar refractivity (Wildman–Crippen MR) is 183 cm³/mol. The number of rotatable bonds is 5. The Morgan fingerprint density at radius 2 is 1.55 bits per heavy atom. The number of alkyl halides is 3. The van der Waals surface area contributed by atoms with Crippen LogP contribution in [0.3, 0.4) is 0 Å². The topological polar surface area (TPSA) is 171 Å². The number of allylic oxidation sites excluding steroid dienone is 1. The summed E-state index contributed by atoms with van der Waals surface area (Å²) >= 11 is 0. The molecule has 0 fully saturated rings. The summed E-state index contributed by atoms with van der Waals surface area (Å²) in [6, 6.07) is 14.3. The van der Waals surface area contributed by atoms with Crippen LogP contribution in [-0.2, 0) is 5.41 Å². The zero-order chi connectivity index (χ0) is 37.7. The number of aryl methyl sites for hydroxylation is 1. The highest BCUT2D eigenvalue weighted by atomic mass is 19.4. The van der Waals surface area contributed by atoms with E-state index in [-0.39, 0.29) is 56.2 Å². The average molecular weight is 726 g/mol. The van der Waals surface area contributed by atoms with Crippen LogP contribution in [0, 0.1) is 13.8 Å². The van der Waals surface area contributed by atoms with E-state index < -0.39 is 46.1 Å². The van der Waals surface area contributed by atoms with Crippen LogP contribution in [0.25, 0.3) is 39.7 Å². The van der Waals surface area contributed by atoms with Crippen molar-refractivity contribution in [3.63, 3.8) is 0 Å². The number of pyridine rings is 1. The number of ether oxygens (including phenoxy) is 3. The first kappa shape index (κ1) is 33.3. The lowest BCUT2D eigenvalue weighted by Crippen LogP contribution is -2.36. The summed E-state index contributed by atoms with van der Waals surface area (Å²) in [7, 11) is 1.49. The molecule has 0 radical (unpaired) electrons. The maximum Gasteiger partial charge on any atom is 0.573 e. The quantitative estimate of drug-likeness (QED) is 0.199. The molecular weight excluding hydrogens is 699 g/mol. The molecule has 16 heteroatoms. The number of benzene rings is 3. The summed E-state index contributed by atoms with van der Waals surface area (Å²) < 4.78 is 56.4. The smallest absolute Gasteiger partial charge is 0.507 e. The fraction of sp³-hybridized carbons (Fsp3) is 0.162. The van der Waals surface area contributed by atoms with Crippen molar-refractivity contribution in [2.45, 2.75) is 32.5 Å². The van der Waals surface area contributed by atoms with Crippen LogP contribution >= 0.6 is 0 Å². The Bertz CT molecular complexity index is 2710. The zero-order valence-electron chi connectivity index (χ0n) is 28.1. The van der Waals surface area contributed by atoms with Crippen molar-refractivity contribution >= 4 is 22.9 Å². The number of phenolic OH excluding ortho intramolecular Hbond substituents is 2. The number of H-pyrrole nitrogens is 1. The van der Waals surface area contributed by atoms with Gasteiger partial charge in [0.2, 0.25) is 0 Å². The van der Waals surface area contributed by atoms with E-state index in [2.05, 4.69) is 19.8 Å². The van der Waals surface area contributed by atoms with E-state index in [0.717, 1.165) is 12.1 Å². The average Bonchev–Trinajstić information content (AvgIpc) is 3.61. The van der Waals surface area contributed by atoms with E-state index in [4.69, 9.17) is 9.47 Å². The van der Waals surface area contributed by atoms with Gasteiger partial charge < -0.3 is 24.4 Å². The standard InChI is InChI=1S/C37H26F3N5O8/c1-16-29(46)27(23-14-13-22-33(41-23)44(35(50)42-34(22)49)18-5-9-20(51-4)10-6-18)31-28(30(16)47)36(3)25(52-31)15-24-26(32(36)48)17(2)43-45(24)19-7-11-21(12-8-19)53-37(38,39)40/h5-15,46-47H,1-4H3,(H,42,49,50). The molecule has 1 atom stereocenters. The number of ketones is 1. The number of nitrogens with zero attached hydrogens (tertiary/aromatic N) is 4. The van der Waals surface area contributed by atoms with Crippen LogP contribution in [-0.4, -0.2) is 53.8 Å². The van der Waals surface area contributed by atoms with E-state index >= 15 is 0 Å². The highest BCUT2D eigenvalue weighted by molar-refractivity contribution is 6.14. The van der Waals surface area contributed by atoms with Crippen molar-refractivity contribution in [3.05, 3.63) is 115 Å². The summed E-state index contributed by atoms with van der Waals surface area (Å²) in [5.41, 5.74) is -1.61. The number of fused-ring (bicyclic) bond motifs is 5. The second kappa shape index (κ2) is 11.3. The normalized spacial score (nSPS) is 16.1. The van der Waals surface area contributed by atoms with Crippen molar-refractivity contribution in [1.82, 2.24) is 24.3 Å². The lowest BCUT2D eigenvalue weighted by atomic mass is 9.71. The number of phenols is 2. The Labute approximate surface area is 295 Å². The second-order valence-corrected chi connectivity index (χ2v) is 12.6. The minimum Gasteiger partial charge on any atom is -0.507 e. The first-order valence-corrected chi connectivity index (χ1v) is 15.9. The van der Waals surface area contributed by atoms with Crippen molar-refractivity contribution in [1.29, 1.82) is 0 Å². The fourth-order valence-corrected chi connectivity index (χ4v) is 6.91. The van der Waals surface area contributed by atoms with Gasteiger partial charge in [0, 0.05) is 11.6 Å².